The van der Waals surface area contributed by atoms with Crippen molar-refractivity contribution in [3.63, 3.8) is 0 Å². The van der Waals surface area contributed by atoms with Crippen molar-refractivity contribution in [2.45, 2.75) is 32.7 Å². The summed E-state index contributed by atoms with van der Waals surface area (Å²) in [6, 6.07) is 0. The van der Waals surface area contributed by atoms with Gasteiger partial charge in [0, 0.05) is 25.2 Å². The molecule has 90 valence electrons. The molecule has 2 N–H and O–H groups in total. The number of aliphatic hydroxyl groups is 1. The van der Waals surface area contributed by atoms with E-state index in [0.717, 1.165) is 6.42 Å². The van der Waals surface area contributed by atoms with Crippen molar-refractivity contribution >= 4 is 10.2 Å². The molecule has 0 aromatic carbocycles. The maximum absolute atomic E-state index is 11.8. The fourth-order valence-corrected chi connectivity index (χ4v) is 3.27. The lowest BCUT2D eigenvalue weighted by atomic mass is 10.1. The van der Waals surface area contributed by atoms with E-state index in [1.165, 1.54) is 4.31 Å². The van der Waals surface area contributed by atoms with Crippen molar-refractivity contribution in [2.75, 3.05) is 19.7 Å². The zero-order chi connectivity index (χ0) is 11.7. The van der Waals surface area contributed by atoms with E-state index in [2.05, 4.69) is 4.72 Å². The molecule has 1 heterocycles. The van der Waals surface area contributed by atoms with Crippen LogP contribution in [0.25, 0.3) is 0 Å². The molecule has 1 atom stereocenters. The molecule has 1 fully saturated rings. The zero-order valence-electron chi connectivity index (χ0n) is 9.52. The van der Waals surface area contributed by atoms with E-state index in [-0.39, 0.29) is 12.5 Å². The highest BCUT2D eigenvalue weighted by Crippen LogP contribution is 2.19. The number of nitrogens with one attached hydrogen (secondary N) is 1. The Morgan fingerprint density at radius 3 is 2.47 bits per heavy atom. The van der Waals surface area contributed by atoms with Crippen LogP contribution in [-0.2, 0) is 10.2 Å². The van der Waals surface area contributed by atoms with Crippen LogP contribution < -0.4 is 4.72 Å². The Kier molecular flexibility index (Phi) is 3.76. The van der Waals surface area contributed by atoms with Crippen LogP contribution in [0.5, 0.6) is 0 Å². The Bertz CT molecular complexity index is 308. The summed E-state index contributed by atoms with van der Waals surface area (Å²) in [4.78, 5) is 0. The minimum absolute atomic E-state index is 0.0571. The SMILES string of the molecule is CC(C)(C)NS(=O)(=O)N1CCC(CO)C1. The summed E-state index contributed by atoms with van der Waals surface area (Å²) in [6.45, 7) is 6.40. The first-order valence-electron chi connectivity index (χ1n) is 5.14. The molecule has 1 aliphatic rings. The Balaban J connectivity index is 2.64. The van der Waals surface area contributed by atoms with Crippen LogP contribution >= 0.6 is 0 Å². The van der Waals surface area contributed by atoms with E-state index >= 15 is 0 Å². The summed E-state index contributed by atoms with van der Waals surface area (Å²) < 4.78 is 27.7. The molecule has 5 nitrogen and oxygen atoms in total. The third-order valence-corrected chi connectivity index (χ3v) is 4.16. The number of rotatable bonds is 3. The second kappa shape index (κ2) is 4.37. The van der Waals surface area contributed by atoms with Gasteiger partial charge in [-0.2, -0.15) is 17.4 Å². The highest BCUT2D eigenvalue weighted by molar-refractivity contribution is 7.87. The molecule has 0 saturated carbocycles. The first-order chi connectivity index (χ1) is 6.74. The second-order valence-electron chi connectivity index (χ2n) is 5.05. The lowest BCUT2D eigenvalue weighted by Gasteiger charge is -2.25. The van der Waals surface area contributed by atoms with Gasteiger partial charge in [0.05, 0.1) is 0 Å². The third kappa shape index (κ3) is 3.71. The summed E-state index contributed by atoms with van der Waals surface area (Å²) >= 11 is 0. The van der Waals surface area contributed by atoms with Gasteiger partial charge in [-0.15, -0.1) is 0 Å². The average Bonchev–Trinajstić information content (AvgIpc) is 2.47. The largest absolute Gasteiger partial charge is 0.396 e. The minimum Gasteiger partial charge on any atom is -0.396 e. The van der Waals surface area contributed by atoms with Crippen molar-refractivity contribution in [3.05, 3.63) is 0 Å². The van der Waals surface area contributed by atoms with E-state index in [0.29, 0.717) is 13.1 Å². The molecule has 0 aliphatic carbocycles. The van der Waals surface area contributed by atoms with Crippen LogP contribution in [0.15, 0.2) is 0 Å². The van der Waals surface area contributed by atoms with Crippen molar-refractivity contribution in [1.82, 2.24) is 9.03 Å². The molecule has 0 bridgehead atoms. The summed E-state index contributed by atoms with van der Waals surface area (Å²) in [5.74, 6) is 0.0848. The Hall–Kier alpha value is -0.170. The fraction of sp³-hybridized carbons (Fsp3) is 1.00. The van der Waals surface area contributed by atoms with Crippen LogP contribution in [0.4, 0.5) is 0 Å². The topological polar surface area (TPSA) is 69.6 Å². The molecule has 6 heteroatoms. The van der Waals surface area contributed by atoms with Crippen molar-refractivity contribution in [2.24, 2.45) is 5.92 Å². The summed E-state index contributed by atoms with van der Waals surface area (Å²) in [7, 11) is -3.39. The monoisotopic (exact) mass is 236 g/mol. The van der Waals surface area contributed by atoms with Gasteiger partial charge in [0.1, 0.15) is 0 Å². The summed E-state index contributed by atoms with van der Waals surface area (Å²) in [6.07, 6.45) is 0.738. The van der Waals surface area contributed by atoms with Crippen LogP contribution in [0.2, 0.25) is 0 Å². The number of hydrogen-bond acceptors (Lipinski definition) is 3. The molecule has 0 spiro atoms. The van der Waals surface area contributed by atoms with Crippen LogP contribution in [0.1, 0.15) is 27.2 Å². The lowest BCUT2D eigenvalue weighted by Crippen LogP contribution is -2.48. The van der Waals surface area contributed by atoms with E-state index in [9.17, 15) is 8.42 Å². The Morgan fingerprint density at radius 2 is 2.07 bits per heavy atom. The molecule has 0 amide bonds. The van der Waals surface area contributed by atoms with E-state index in [1.807, 2.05) is 20.8 Å². The molecular formula is C9H20N2O3S. The molecule has 0 aromatic heterocycles. The number of nitrogens with zero attached hydrogens (tertiary/aromatic N) is 1. The van der Waals surface area contributed by atoms with Crippen molar-refractivity contribution in [3.8, 4) is 0 Å². The Morgan fingerprint density at radius 1 is 1.47 bits per heavy atom. The van der Waals surface area contributed by atoms with Crippen LogP contribution in [0.3, 0.4) is 0 Å². The van der Waals surface area contributed by atoms with E-state index < -0.39 is 15.7 Å². The molecule has 1 rings (SSSR count). The van der Waals surface area contributed by atoms with Gasteiger partial charge in [0.2, 0.25) is 0 Å². The normalized spacial score (nSPS) is 24.7. The standard InChI is InChI=1S/C9H20N2O3S/c1-9(2,3)10-15(13,14)11-5-4-8(6-11)7-12/h8,10,12H,4-7H2,1-3H3. The summed E-state index contributed by atoms with van der Waals surface area (Å²) in [5.41, 5.74) is -0.462. The predicted molar refractivity (Wildman–Crippen MR) is 58.6 cm³/mol. The first-order valence-corrected chi connectivity index (χ1v) is 6.58. The van der Waals surface area contributed by atoms with Crippen LogP contribution in [-0.4, -0.2) is 43.1 Å². The van der Waals surface area contributed by atoms with Gasteiger partial charge in [0.15, 0.2) is 0 Å². The minimum atomic E-state index is -3.39. The van der Waals surface area contributed by atoms with Gasteiger partial charge in [-0.1, -0.05) is 0 Å². The molecule has 15 heavy (non-hydrogen) atoms. The first kappa shape index (κ1) is 12.9. The fourth-order valence-electron chi connectivity index (χ4n) is 1.62. The highest BCUT2D eigenvalue weighted by Gasteiger charge is 2.33. The molecular weight excluding hydrogens is 216 g/mol. The molecule has 1 aliphatic heterocycles. The van der Waals surface area contributed by atoms with Gasteiger partial charge in [-0.3, -0.25) is 0 Å². The number of aliphatic hydroxyl groups excluding tert-OH is 1. The van der Waals surface area contributed by atoms with E-state index in [1.54, 1.807) is 0 Å². The maximum Gasteiger partial charge on any atom is 0.279 e. The predicted octanol–water partition coefficient (Wildman–Crippen LogP) is -0.0665. The average molecular weight is 236 g/mol. The van der Waals surface area contributed by atoms with Crippen LogP contribution in [0, 0.1) is 5.92 Å². The van der Waals surface area contributed by atoms with Gasteiger partial charge in [0.25, 0.3) is 10.2 Å². The molecule has 1 saturated heterocycles. The quantitative estimate of drug-likeness (QED) is 0.721. The van der Waals surface area contributed by atoms with Gasteiger partial charge >= 0.3 is 0 Å². The van der Waals surface area contributed by atoms with Gasteiger partial charge in [-0.25, -0.2) is 0 Å². The zero-order valence-corrected chi connectivity index (χ0v) is 10.3. The maximum atomic E-state index is 11.8. The second-order valence-corrected chi connectivity index (χ2v) is 6.72. The highest BCUT2D eigenvalue weighted by atomic mass is 32.2. The van der Waals surface area contributed by atoms with E-state index in [4.69, 9.17) is 5.11 Å². The molecule has 0 aromatic rings. The third-order valence-electron chi connectivity index (χ3n) is 2.28. The number of hydrogen-bond donors (Lipinski definition) is 2. The lowest BCUT2D eigenvalue weighted by molar-refractivity contribution is 0.233. The molecule has 1 unspecified atom stereocenters. The van der Waals surface area contributed by atoms with Gasteiger partial charge in [-0.05, 0) is 33.1 Å². The Labute approximate surface area is 91.7 Å². The van der Waals surface area contributed by atoms with Crippen molar-refractivity contribution in [1.29, 1.82) is 0 Å². The smallest absolute Gasteiger partial charge is 0.279 e. The summed E-state index contributed by atoms with van der Waals surface area (Å²) in [5, 5.41) is 8.94. The van der Waals surface area contributed by atoms with Crippen molar-refractivity contribution < 1.29 is 13.5 Å². The molecule has 0 radical (unpaired) electrons. The van der Waals surface area contributed by atoms with Gasteiger partial charge < -0.3 is 5.11 Å².